The van der Waals surface area contributed by atoms with E-state index in [1.807, 2.05) is 6.07 Å². The number of rotatable bonds is 4. The van der Waals surface area contributed by atoms with Crippen LogP contribution in [0.3, 0.4) is 0 Å². The molecular weight excluding hydrogens is 352 g/mol. The average molecular weight is 362 g/mol. The van der Waals surface area contributed by atoms with Crippen molar-refractivity contribution in [2.75, 3.05) is 14.2 Å². The molecule has 0 bridgehead atoms. The summed E-state index contributed by atoms with van der Waals surface area (Å²) in [7, 11) is 3.04. The number of ether oxygens (including phenoxy) is 2. The van der Waals surface area contributed by atoms with E-state index in [-0.39, 0.29) is 5.78 Å². The Morgan fingerprint density at radius 3 is 2.37 bits per heavy atom. The second kappa shape index (κ2) is 5.94. The van der Waals surface area contributed by atoms with Crippen LogP contribution in [-0.4, -0.2) is 20.0 Å². The van der Waals surface area contributed by atoms with Gasteiger partial charge in [0.25, 0.3) is 0 Å². The minimum Gasteiger partial charge on any atom is -0.493 e. The van der Waals surface area contributed by atoms with Crippen molar-refractivity contribution in [1.82, 2.24) is 0 Å². The second-order valence-corrected chi connectivity index (χ2v) is 6.49. The Kier molecular flexibility index (Phi) is 4.50. The van der Waals surface area contributed by atoms with Crippen molar-refractivity contribution in [2.24, 2.45) is 0 Å². The molecule has 1 aromatic heterocycles. The zero-order chi connectivity index (χ0) is 14.0. The summed E-state index contributed by atoms with van der Waals surface area (Å²) in [4.78, 5) is 13.0. The lowest BCUT2D eigenvalue weighted by atomic mass is 10.1. The van der Waals surface area contributed by atoms with Gasteiger partial charge >= 0.3 is 0 Å². The highest BCUT2D eigenvalue weighted by Gasteiger charge is 2.18. The monoisotopic (exact) mass is 360 g/mol. The van der Waals surface area contributed by atoms with E-state index in [1.54, 1.807) is 18.2 Å². The summed E-state index contributed by atoms with van der Waals surface area (Å²) in [6.07, 6.45) is 0. The molecule has 0 aliphatic heterocycles. The number of hydrogen-bond donors (Lipinski definition) is 0. The Morgan fingerprint density at radius 1 is 1.21 bits per heavy atom. The van der Waals surface area contributed by atoms with E-state index in [0.717, 1.165) is 3.79 Å². The van der Waals surface area contributed by atoms with Crippen LogP contribution in [0.15, 0.2) is 28.1 Å². The Labute approximate surface area is 128 Å². The maximum Gasteiger partial charge on any atom is 0.204 e. The van der Waals surface area contributed by atoms with E-state index < -0.39 is 0 Å². The van der Waals surface area contributed by atoms with Gasteiger partial charge in [-0.05, 0) is 34.1 Å². The van der Waals surface area contributed by atoms with Crippen LogP contribution in [0.1, 0.15) is 15.2 Å². The van der Waals surface area contributed by atoms with Gasteiger partial charge in [0.1, 0.15) is 0 Å². The van der Waals surface area contributed by atoms with E-state index >= 15 is 0 Å². The number of hydrogen-bond acceptors (Lipinski definition) is 4. The molecule has 0 radical (unpaired) electrons. The van der Waals surface area contributed by atoms with Crippen molar-refractivity contribution in [1.29, 1.82) is 0 Å². The van der Waals surface area contributed by atoms with Gasteiger partial charge < -0.3 is 9.47 Å². The van der Waals surface area contributed by atoms with E-state index in [0.29, 0.717) is 27.0 Å². The van der Waals surface area contributed by atoms with E-state index in [4.69, 9.17) is 21.1 Å². The zero-order valence-electron chi connectivity index (χ0n) is 10.2. The molecule has 100 valence electrons. The van der Waals surface area contributed by atoms with Gasteiger partial charge in [0.2, 0.25) is 5.78 Å². The van der Waals surface area contributed by atoms with Gasteiger partial charge in [0.15, 0.2) is 11.5 Å². The minimum absolute atomic E-state index is 0.137. The number of halogens is 2. The van der Waals surface area contributed by atoms with Crippen molar-refractivity contribution in [3.63, 3.8) is 0 Å². The first-order valence-corrected chi connectivity index (χ1v) is 7.27. The molecule has 0 atom stereocenters. The van der Waals surface area contributed by atoms with Crippen LogP contribution in [0.5, 0.6) is 11.5 Å². The quantitative estimate of drug-likeness (QED) is 0.757. The van der Waals surface area contributed by atoms with Crippen LogP contribution in [0.2, 0.25) is 5.02 Å². The molecule has 3 nitrogen and oxygen atoms in total. The highest BCUT2D eigenvalue weighted by Crippen LogP contribution is 2.35. The van der Waals surface area contributed by atoms with Crippen LogP contribution in [0.25, 0.3) is 0 Å². The fraction of sp³-hybridized carbons (Fsp3) is 0.154. The van der Waals surface area contributed by atoms with Gasteiger partial charge in [-0.25, -0.2) is 0 Å². The number of benzene rings is 1. The fourth-order valence-electron chi connectivity index (χ4n) is 1.60. The Bertz CT molecular complexity index is 624. The van der Waals surface area contributed by atoms with Gasteiger partial charge in [-0.2, -0.15) is 0 Å². The third-order valence-corrected chi connectivity index (χ3v) is 4.45. The molecule has 0 unspecified atom stereocenters. The zero-order valence-corrected chi connectivity index (χ0v) is 13.4. The number of thiophene rings is 1. The first kappa shape index (κ1) is 14.4. The molecule has 0 spiro atoms. The molecule has 0 saturated carbocycles. The highest BCUT2D eigenvalue weighted by atomic mass is 79.9. The Balaban J connectivity index is 2.47. The standard InChI is InChI=1S/C13H10BrClO3S/c1-17-9-5-7(8(15)6-10(9)18-2)13(16)11-3-4-12(14)19-11/h3-6H,1-2H3. The number of carbonyl (C=O) groups excluding carboxylic acids is 1. The van der Waals surface area contributed by atoms with Crippen LogP contribution in [0.4, 0.5) is 0 Å². The molecule has 0 aliphatic carbocycles. The summed E-state index contributed by atoms with van der Waals surface area (Å²) in [6, 6.07) is 6.75. The molecule has 6 heteroatoms. The van der Waals surface area contributed by atoms with Crippen LogP contribution in [0, 0.1) is 0 Å². The van der Waals surface area contributed by atoms with E-state index in [9.17, 15) is 4.79 Å². The Hall–Kier alpha value is -1.04. The molecule has 2 rings (SSSR count). The predicted molar refractivity (Wildman–Crippen MR) is 80.0 cm³/mol. The number of methoxy groups -OCH3 is 2. The minimum atomic E-state index is -0.137. The number of ketones is 1. The summed E-state index contributed by atoms with van der Waals surface area (Å²) in [5.41, 5.74) is 0.397. The largest absolute Gasteiger partial charge is 0.493 e. The maximum absolute atomic E-state index is 12.4. The summed E-state index contributed by atoms with van der Waals surface area (Å²) in [6.45, 7) is 0. The summed E-state index contributed by atoms with van der Waals surface area (Å²) < 4.78 is 11.2. The molecule has 0 fully saturated rings. The molecule has 1 aromatic carbocycles. The highest BCUT2D eigenvalue weighted by molar-refractivity contribution is 9.11. The molecule has 0 aliphatic rings. The SMILES string of the molecule is COc1cc(Cl)c(C(=O)c2ccc(Br)s2)cc1OC. The van der Waals surface area contributed by atoms with Crippen LogP contribution in [-0.2, 0) is 0 Å². The van der Waals surface area contributed by atoms with Crippen molar-refractivity contribution in [2.45, 2.75) is 0 Å². The molecule has 19 heavy (non-hydrogen) atoms. The average Bonchev–Trinajstić information content (AvgIpc) is 2.84. The molecule has 1 heterocycles. The van der Waals surface area contributed by atoms with Gasteiger partial charge in [-0.15, -0.1) is 11.3 Å². The van der Waals surface area contributed by atoms with Gasteiger partial charge in [0.05, 0.1) is 27.9 Å². The summed E-state index contributed by atoms with van der Waals surface area (Å²) in [5.74, 6) is 0.837. The third kappa shape index (κ3) is 2.94. The Morgan fingerprint density at radius 2 is 1.84 bits per heavy atom. The summed E-state index contributed by atoms with van der Waals surface area (Å²) >= 11 is 10.8. The lowest BCUT2D eigenvalue weighted by Crippen LogP contribution is -2.01. The number of carbonyl (C=O) groups is 1. The second-order valence-electron chi connectivity index (χ2n) is 3.62. The molecular formula is C13H10BrClO3S. The van der Waals surface area contributed by atoms with E-state index in [1.165, 1.54) is 25.6 Å². The topological polar surface area (TPSA) is 35.5 Å². The maximum atomic E-state index is 12.4. The van der Waals surface area contributed by atoms with Gasteiger partial charge in [0, 0.05) is 11.6 Å². The smallest absolute Gasteiger partial charge is 0.204 e. The molecule has 0 amide bonds. The molecule has 0 N–H and O–H groups in total. The van der Waals surface area contributed by atoms with Gasteiger partial charge in [-0.1, -0.05) is 11.6 Å². The van der Waals surface area contributed by atoms with Crippen molar-refractivity contribution in [3.05, 3.63) is 43.5 Å². The summed E-state index contributed by atoms with van der Waals surface area (Å²) in [5, 5.41) is 0.340. The van der Waals surface area contributed by atoms with Crippen LogP contribution >= 0.6 is 38.9 Å². The molecule has 0 saturated heterocycles. The third-order valence-electron chi connectivity index (χ3n) is 2.51. The predicted octanol–water partition coefficient (Wildman–Crippen LogP) is 4.41. The fourth-order valence-corrected chi connectivity index (χ4v) is 3.18. The van der Waals surface area contributed by atoms with Crippen molar-refractivity contribution in [3.8, 4) is 11.5 Å². The normalized spacial score (nSPS) is 10.3. The lowest BCUT2D eigenvalue weighted by Gasteiger charge is -2.10. The lowest BCUT2D eigenvalue weighted by molar-refractivity contribution is 0.104. The van der Waals surface area contributed by atoms with E-state index in [2.05, 4.69) is 15.9 Å². The van der Waals surface area contributed by atoms with Gasteiger partial charge in [-0.3, -0.25) is 4.79 Å². The van der Waals surface area contributed by atoms with Crippen LogP contribution < -0.4 is 9.47 Å². The molecule has 2 aromatic rings. The van der Waals surface area contributed by atoms with Crippen molar-refractivity contribution >= 4 is 44.7 Å². The van der Waals surface area contributed by atoms with Crippen molar-refractivity contribution < 1.29 is 14.3 Å². The first-order valence-electron chi connectivity index (χ1n) is 5.28. The first-order chi connectivity index (χ1) is 9.06.